The van der Waals surface area contributed by atoms with Gasteiger partial charge in [0, 0.05) is 5.56 Å². The van der Waals surface area contributed by atoms with Crippen molar-refractivity contribution in [3.63, 3.8) is 0 Å². The molecule has 0 fully saturated rings. The summed E-state index contributed by atoms with van der Waals surface area (Å²) in [5.74, 6) is 0.640. The Labute approximate surface area is 155 Å². The van der Waals surface area contributed by atoms with Crippen molar-refractivity contribution in [2.45, 2.75) is 23.7 Å². The summed E-state index contributed by atoms with van der Waals surface area (Å²) in [6.07, 6.45) is -1.08. The van der Waals surface area contributed by atoms with Gasteiger partial charge in [0.1, 0.15) is 17.6 Å². The average molecular weight is 408 g/mol. The third kappa shape index (κ3) is 3.84. The Morgan fingerprint density at radius 3 is 2.29 bits per heavy atom. The molecule has 0 spiro atoms. The number of phosphoric ester groups is 1. The number of hydrogen-bond acceptors (Lipinski definition) is 4. The molecule has 128 valence electrons. The lowest BCUT2D eigenvalue weighted by molar-refractivity contribution is 0.126. The van der Waals surface area contributed by atoms with Crippen molar-refractivity contribution >= 4 is 42.6 Å². The lowest BCUT2D eigenvalue weighted by atomic mass is 10.1. The minimum Gasteiger partial charge on any atom is -0.395 e. The highest BCUT2D eigenvalue weighted by molar-refractivity contribution is 7.49. The van der Waals surface area contributed by atoms with Gasteiger partial charge in [-0.15, -0.1) is 0 Å². The van der Waals surface area contributed by atoms with Gasteiger partial charge in [0.2, 0.25) is 3.79 Å². The van der Waals surface area contributed by atoms with Crippen molar-refractivity contribution in [3.05, 3.63) is 59.2 Å². The molecule has 0 aromatic heterocycles. The maximum atomic E-state index is 12.9. The molecule has 0 radical (unpaired) electrons. The van der Waals surface area contributed by atoms with Gasteiger partial charge < -0.3 is 9.05 Å². The Balaban J connectivity index is 1.98. The van der Waals surface area contributed by atoms with Crippen molar-refractivity contribution < 1.29 is 18.1 Å². The number of hydrogen-bond donors (Lipinski definition) is 0. The van der Waals surface area contributed by atoms with Gasteiger partial charge in [-0.25, -0.2) is 4.57 Å². The summed E-state index contributed by atoms with van der Waals surface area (Å²) < 4.78 is 27.5. The number of benzene rings is 2. The normalized spacial score (nSPS) is 23.3. The number of aryl methyl sites for hydroxylation is 2. The highest BCUT2D eigenvalue weighted by Crippen LogP contribution is 2.62. The molecule has 0 saturated carbocycles. The van der Waals surface area contributed by atoms with Crippen LogP contribution in [0.2, 0.25) is 0 Å². The molecule has 0 bridgehead atoms. The lowest BCUT2D eigenvalue weighted by Crippen LogP contribution is -2.26. The van der Waals surface area contributed by atoms with Crippen molar-refractivity contribution in [3.8, 4) is 11.5 Å². The van der Waals surface area contributed by atoms with Crippen LogP contribution in [0.3, 0.4) is 0 Å². The monoisotopic (exact) mass is 406 g/mol. The molecule has 2 aromatic carbocycles. The van der Waals surface area contributed by atoms with E-state index in [1.165, 1.54) is 0 Å². The second-order valence-corrected chi connectivity index (χ2v) is 9.35. The molecule has 8 heteroatoms. The number of phosphoric acid groups is 1. The Hall–Kier alpha value is -0.900. The van der Waals surface area contributed by atoms with Crippen LogP contribution in [0.25, 0.3) is 0 Å². The smallest absolute Gasteiger partial charge is 0.395 e. The maximum Gasteiger partial charge on any atom is 0.588 e. The molecule has 0 amide bonds. The highest BCUT2D eigenvalue weighted by atomic mass is 35.6. The first-order chi connectivity index (χ1) is 11.2. The van der Waals surface area contributed by atoms with Crippen molar-refractivity contribution in [2.24, 2.45) is 0 Å². The summed E-state index contributed by atoms with van der Waals surface area (Å²) in [4.78, 5) is 0. The molecular weight excluding hydrogens is 394 g/mol. The molecule has 0 N–H and O–H groups in total. The molecule has 1 aliphatic rings. The SMILES string of the molecule is Cc1ccc(OP2(=O)Oc3ccc(C)cc3C(C(Cl)(Cl)Cl)O2)cc1. The first kappa shape index (κ1) is 17.9. The minimum absolute atomic E-state index is 0.304. The van der Waals surface area contributed by atoms with Crippen LogP contribution in [0.5, 0.6) is 11.5 Å². The maximum absolute atomic E-state index is 12.9. The second kappa shape index (κ2) is 6.44. The van der Waals surface area contributed by atoms with Crippen molar-refractivity contribution in [1.29, 1.82) is 0 Å². The third-order valence-electron chi connectivity index (χ3n) is 3.43. The number of alkyl halides is 3. The Kier molecular flexibility index (Phi) is 4.80. The Bertz CT molecular complexity index is 802. The molecule has 1 aliphatic heterocycles. The second-order valence-electron chi connectivity index (χ2n) is 5.51. The van der Waals surface area contributed by atoms with Gasteiger partial charge in [-0.05, 0) is 38.1 Å². The molecule has 3 rings (SSSR count). The molecule has 2 unspecified atom stereocenters. The summed E-state index contributed by atoms with van der Waals surface area (Å²) in [5.41, 5.74) is 2.47. The van der Waals surface area contributed by atoms with E-state index in [4.69, 9.17) is 48.4 Å². The van der Waals surface area contributed by atoms with Gasteiger partial charge in [-0.2, -0.15) is 0 Å². The lowest BCUT2D eigenvalue weighted by Gasteiger charge is -2.34. The molecule has 2 aromatic rings. The van der Waals surface area contributed by atoms with Crippen LogP contribution in [0.1, 0.15) is 22.8 Å². The van der Waals surface area contributed by atoms with Crippen LogP contribution in [0.15, 0.2) is 42.5 Å². The Morgan fingerprint density at radius 2 is 1.67 bits per heavy atom. The molecule has 24 heavy (non-hydrogen) atoms. The predicted molar refractivity (Wildman–Crippen MR) is 95.3 cm³/mol. The van der Waals surface area contributed by atoms with E-state index >= 15 is 0 Å². The molecule has 1 heterocycles. The predicted octanol–water partition coefficient (Wildman–Crippen LogP) is 6.31. The zero-order chi connectivity index (χ0) is 17.5. The van der Waals surface area contributed by atoms with E-state index in [-0.39, 0.29) is 0 Å². The van der Waals surface area contributed by atoms with Gasteiger partial charge in [0.25, 0.3) is 0 Å². The van der Waals surface area contributed by atoms with Crippen LogP contribution < -0.4 is 9.05 Å². The third-order valence-corrected chi connectivity index (χ3v) is 5.35. The van der Waals surface area contributed by atoms with E-state index in [1.54, 1.807) is 30.3 Å². The summed E-state index contributed by atoms with van der Waals surface area (Å²) >= 11 is 18.1. The molecular formula is C16H14Cl3O4P. The Morgan fingerprint density at radius 1 is 1.04 bits per heavy atom. The molecule has 4 nitrogen and oxygen atoms in total. The van der Waals surface area contributed by atoms with Gasteiger partial charge in [0.05, 0.1) is 0 Å². The van der Waals surface area contributed by atoms with E-state index in [2.05, 4.69) is 0 Å². The highest BCUT2D eigenvalue weighted by Gasteiger charge is 2.49. The summed E-state index contributed by atoms with van der Waals surface area (Å²) in [5, 5.41) is 0. The van der Waals surface area contributed by atoms with E-state index < -0.39 is 17.7 Å². The van der Waals surface area contributed by atoms with Crippen LogP contribution >= 0.6 is 42.6 Å². The summed E-state index contributed by atoms with van der Waals surface area (Å²) in [7, 11) is -4.00. The fraction of sp³-hybridized carbons (Fsp3) is 0.250. The zero-order valence-electron chi connectivity index (χ0n) is 12.8. The van der Waals surface area contributed by atoms with Gasteiger partial charge >= 0.3 is 7.82 Å². The van der Waals surface area contributed by atoms with Crippen molar-refractivity contribution in [2.75, 3.05) is 0 Å². The summed E-state index contributed by atoms with van der Waals surface area (Å²) in [6, 6.07) is 12.2. The first-order valence-electron chi connectivity index (χ1n) is 7.08. The molecule has 0 saturated heterocycles. The van der Waals surface area contributed by atoms with Crippen LogP contribution in [-0.4, -0.2) is 3.79 Å². The van der Waals surface area contributed by atoms with Gasteiger partial charge in [-0.1, -0.05) is 64.1 Å². The van der Waals surface area contributed by atoms with E-state index in [0.29, 0.717) is 17.1 Å². The fourth-order valence-corrected chi connectivity index (χ4v) is 4.40. The zero-order valence-corrected chi connectivity index (χ0v) is 16.0. The number of fused-ring (bicyclic) bond motifs is 1. The van der Waals surface area contributed by atoms with E-state index in [1.807, 2.05) is 26.0 Å². The average Bonchev–Trinajstić information content (AvgIpc) is 2.48. The van der Waals surface area contributed by atoms with Gasteiger partial charge in [-0.3, -0.25) is 4.52 Å². The topological polar surface area (TPSA) is 44.8 Å². The standard InChI is InChI=1S/C16H14Cl3O4P/c1-10-3-6-12(7-4-10)21-24(20)22-14-8-5-11(2)9-13(14)15(23-24)16(17,18)19/h3-9,15H,1-2H3. The molecule has 2 atom stereocenters. The number of halogens is 3. The number of rotatable bonds is 2. The first-order valence-corrected chi connectivity index (χ1v) is 9.67. The van der Waals surface area contributed by atoms with E-state index in [9.17, 15) is 4.57 Å². The van der Waals surface area contributed by atoms with Gasteiger partial charge in [0.15, 0.2) is 0 Å². The molecule has 0 aliphatic carbocycles. The van der Waals surface area contributed by atoms with Crippen LogP contribution in [-0.2, 0) is 9.09 Å². The van der Waals surface area contributed by atoms with Crippen molar-refractivity contribution in [1.82, 2.24) is 0 Å². The fourth-order valence-electron chi connectivity index (χ4n) is 2.29. The van der Waals surface area contributed by atoms with Crippen LogP contribution in [0.4, 0.5) is 0 Å². The largest absolute Gasteiger partial charge is 0.588 e. The quantitative estimate of drug-likeness (QED) is 0.432. The minimum atomic E-state index is -4.00. The van der Waals surface area contributed by atoms with E-state index in [0.717, 1.165) is 11.1 Å². The summed E-state index contributed by atoms with van der Waals surface area (Å²) in [6.45, 7) is 3.81. The van der Waals surface area contributed by atoms with Crippen LogP contribution in [0, 0.1) is 13.8 Å².